The van der Waals surface area contributed by atoms with E-state index in [1.54, 1.807) is 6.20 Å². The Morgan fingerprint density at radius 3 is 2.92 bits per heavy atom. The fourth-order valence-corrected chi connectivity index (χ4v) is 1.77. The number of aliphatic hydroxyl groups is 1. The van der Waals surface area contributed by atoms with Gasteiger partial charge in [0.1, 0.15) is 5.82 Å². The summed E-state index contributed by atoms with van der Waals surface area (Å²) in [5.74, 6) is 1.51. The average molecular weight is 180 g/mol. The summed E-state index contributed by atoms with van der Waals surface area (Å²) < 4.78 is 2.02. The molecule has 1 heterocycles. The van der Waals surface area contributed by atoms with E-state index in [0.29, 0.717) is 12.5 Å². The zero-order valence-corrected chi connectivity index (χ0v) is 7.98. The number of aliphatic hydroxyl groups excluding tert-OH is 1. The summed E-state index contributed by atoms with van der Waals surface area (Å²) in [5, 5.41) is 9.82. The van der Waals surface area contributed by atoms with Gasteiger partial charge < -0.3 is 9.67 Å². The van der Waals surface area contributed by atoms with Gasteiger partial charge in [-0.15, -0.1) is 0 Å². The van der Waals surface area contributed by atoms with Crippen LogP contribution in [-0.2, 0) is 6.54 Å². The third kappa shape index (κ3) is 1.75. The number of rotatable bonds is 3. The van der Waals surface area contributed by atoms with Gasteiger partial charge in [-0.3, -0.25) is 0 Å². The Balaban J connectivity index is 1.93. The van der Waals surface area contributed by atoms with E-state index in [1.807, 2.05) is 17.7 Å². The first kappa shape index (κ1) is 8.75. The van der Waals surface area contributed by atoms with Crippen molar-refractivity contribution < 1.29 is 5.11 Å². The zero-order chi connectivity index (χ0) is 9.26. The molecule has 1 unspecified atom stereocenters. The van der Waals surface area contributed by atoms with E-state index in [2.05, 4.69) is 4.98 Å². The van der Waals surface area contributed by atoms with Crippen molar-refractivity contribution in [2.24, 2.45) is 5.92 Å². The predicted octanol–water partition coefficient (Wildman–Crippen LogP) is 1.35. The second kappa shape index (κ2) is 3.50. The lowest BCUT2D eigenvalue weighted by Gasteiger charge is -2.30. The summed E-state index contributed by atoms with van der Waals surface area (Å²) in [4.78, 5) is 4.12. The van der Waals surface area contributed by atoms with Gasteiger partial charge in [0.15, 0.2) is 0 Å². The molecule has 3 nitrogen and oxygen atoms in total. The molecule has 1 aliphatic rings. The molecule has 72 valence electrons. The van der Waals surface area contributed by atoms with Gasteiger partial charge in [-0.1, -0.05) is 6.42 Å². The van der Waals surface area contributed by atoms with E-state index in [9.17, 15) is 5.11 Å². The van der Waals surface area contributed by atoms with Crippen LogP contribution in [0.5, 0.6) is 0 Å². The molecule has 0 saturated heterocycles. The summed E-state index contributed by atoms with van der Waals surface area (Å²) in [7, 11) is 0. The molecule has 0 amide bonds. The second-order valence-electron chi connectivity index (χ2n) is 3.89. The summed E-state index contributed by atoms with van der Waals surface area (Å²) in [6.45, 7) is 2.67. The lowest BCUT2D eigenvalue weighted by atomic mass is 9.81. The smallest absolute Gasteiger partial charge is 0.105 e. The highest BCUT2D eigenvalue weighted by atomic mass is 16.3. The van der Waals surface area contributed by atoms with Crippen LogP contribution in [0.3, 0.4) is 0 Å². The molecular weight excluding hydrogens is 164 g/mol. The van der Waals surface area contributed by atoms with E-state index < -0.39 is 0 Å². The molecule has 3 heteroatoms. The molecule has 1 atom stereocenters. The van der Waals surface area contributed by atoms with Crippen LogP contribution in [0.15, 0.2) is 12.4 Å². The summed E-state index contributed by atoms with van der Waals surface area (Å²) in [6.07, 6.45) is 7.19. The van der Waals surface area contributed by atoms with Crippen LogP contribution in [0.2, 0.25) is 0 Å². The van der Waals surface area contributed by atoms with Crippen molar-refractivity contribution in [1.82, 2.24) is 9.55 Å². The van der Waals surface area contributed by atoms with E-state index in [1.165, 1.54) is 19.3 Å². The number of nitrogens with zero attached hydrogens (tertiary/aromatic N) is 2. The molecule has 1 aliphatic carbocycles. The maximum absolute atomic E-state index is 9.82. The molecule has 1 fully saturated rings. The van der Waals surface area contributed by atoms with Crippen LogP contribution >= 0.6 is 0 Å². The van der Waals surface area contributed by atoms with Gasteiger partial charge in [0.05, 0.1) is 6.10 Å². The minimum atomic E-state index is -0.179. The summed E-state index contributed by atoms with van der Waals surface area (Å²) in [6, 6.07) is 0. The monoisotopic (exact) mass is 180 g/mol. The number of hydrogen-bond donors (Lipinski definition) is 1. The van der Waals surface area contributed by atoms with E-state index in [4.69, 9.17) is 0 Å². The van der Waals surface area contributed by atoms with E-state index >= 15 is 0 Å². The number of aryl methyl sites for hydroxylation is 1. The van der Waals surface area contributed by atoms with Gasteiger partial charge in [-0.25, -0.2) is 4.98 Å². The van der Waals surface area contributed by atoms with Gasteiger partial charge in [0.25, 0.3) is 0 Å². The number of imidazole rings is 1. The first-order valence-electron chi connectivity index (χ1n) is 4.93. The largest absolute Gasteiger partial charge is 0.391 e. The normalized spacial score (nSPS) is 19.8. The van der Waals surface area contributed by atoms with Crippen LogP contribution in [0.25, 0.3) is 0 Å². The zero-order valence-electron chi connectivity index (χ0n) is 7.98. The first-order valence-corrected chi connectivity index (χ1v) is 4.93. The molecule has 1 N–H and O–H groups in total. The maximum Gasteiger partial charge on any atom is 0.105 e. The standard InChI is InChI=1S/C10H16N2O/c1-8-11-5-6-12(8)7-10(13)9-3-2-4-9/h5-6,9-10,13H,2-4,7H2,1H3. The van der Waals surface area contributed by atoms with Gasteiger partial charge in [0.2, 0.25) is 0 Å². The first-order chi connectivity index (χ1) is 6.27. The molecule has 13 heavy (non-hydrogen) atoms. The van der Waals surface area contributed by atoms with Crippen LogP contribution in [0.4, 0.5) is 0 Å². The number of aromatic nitrogens is 2. The lowest BCUT2D eigenvalue weighted by molar-refractivity contribution is 0.0483. The van der Waals surface area contributed by atoms with Crippen molar-refractivity contribution in [3.63, 3.8) is 0 Å². The van der Waals surface area contributed by atoms with Crippen molar-refractivity contribution in [3.05, 3.63) is 18.2 Å². The van der Waals surface area contributed by atoms with Crippen LogP contribution in [-0.4, -0.2) is 20.8 Å². The molecule has 0 spiro atoms. The molecule has 0 aromatic carbocycles. The van der Waals surface area contributed by atoms with E-state index in [0.717, 1.165) is 5.82 Å². The van der Waals surface area contributed by atoms with Crippen LogP contribution in [0, 0.1) is 12.8 Å². The number of hydrogen-bond acceptors (Lipinski definition) is 2. The molecule has 0 aliphatic heterocycles. The minimum Gasteiger partial charge on any atom is -0.391 e. The average Bonchev–Trinajstić information content (AvgIpc) is 2.32. The fourth-order valence-electron chi connectivity index (χ4n) is 1.77. The highest BCUT2D eigenvalue weighted by Gasteiger charge is 2.25. The maximum atomic E-state index is 9.82. The van der Waals surface area contributed by atoms with Crippen molar-refractivity contribution in [2.75, 3.05) is 0 Å². The molecule has 1 aromatic heterocycles. The van der Waals surface area contributed by atoms with Gasteiger partial charge >= 0.3 is 0 Å². The fraction of sp³-hybridized carbons (Fsp3) is 0.700. The Kier molecular flexibility index (Phi) is 2.36. The highest BCUT2D eigenvalue weighted by molar-refractivity contribution is 4.90. The Bertz CT molecular complexity index is 278. The molecular formula is C10H16N2O. The Labute approximate surface area is 78.4 Å². The van der Waals surface area contributed by atoms with Gasteiger partial charge in [-0.05, 0) is 25.7 Å². The minimum absolute atomic E-state index is 0.179. The molecule has 0 radical (unpaired) electrons. The van der Waals surface area contributed by atoms with Gasteiger partial charge in [-0.2, -0.15) is 0 Å². The molecule has 1 aromatic rings. The SMILES string of the molecule is Cc1nccn1CC(O)C1CCC1. The van der Waals surface area contributed by atoms with Crippen LogP contribution in [0.1, 0.15) is 25.1 Å². The predicted molar refractivity (Wildman–Crippen MR) is 50.3 cm³/mol. The summed E-state index contributed by atoms with van der Waals surface area (Å²) in [5.41, 5.74) is 0. The van der Waals surface area contributed by atoms with Crippen molar-refractivity contribution in [1.29, 1.82) is 0 Å². The van der Waals surface area contributed by atoms with Crippen molar-refractivity contribution in [3.8, 4) is 0 Å². The van der Waals surface area contributed by atoms with Crippen molar-refractivity contribution >= 4 is 0 Å². The third-order valence-corrected chi connectivity index (χ3v) is 3.00. The van der Waals surface area contributed by atoms with Crippen LogP contribution < -0.4 is 0 Å². The second-order valence-corrected chi connectivity index (χ2v) is 3.89. The highest BCUT2D eigenvalue weighted by Crippen LogP contribution is 2.30. The Hall–Kier alpha value is -0.830. The Morgan fingerprint density at radius 2 is 2.46 bits per heavy atom. The van der Waals surface area contributed by atoms with Crippen molar-refractivity contribution in [2.45, 2.75) is 38.8 Å². The third-order valence-electron chi connectivity index (χ3n) is 3.00. The lowest BCUT2D eigenvalue weighted by Crippen LogP contribution is -2.30. The topological polar surface area (TPSA) is 38.0 Å². The molecule has 0 bridgehead atoms. The summed E-state index contributed by atoms with van der Waals surface area (Å²) >= 11 is 0. The molecule has 1 saturated carbocycles. The Morgan fingerprint density at radius 1 is 1.69 bits per heavy atom. The van der Waals surface area contributed by atoms with Gasteiger partial charge in [0, 0.05) is 18.9 Å². The molecule has 2 rings (SSSR count). The quantitative estimate of drug-likeness (QED) is 0.762. The van der Waals surface area contributed by atoms with E-state index in [-0.39, 0.29) is 6.10 Å².